The molecular weight excluding hydrogens is 370 g/mol. The zero-order valence-corrected chi connectivity index (χ0v) is 17.3. The molecule has 1 aromatic rings. The summed E-state index contributed by atoms with van der Waals surface area (Å²) in [5.74, 6) is -0.398. The molecule has 0 aromatic heterocycles. The van der Waals surface area contributed by atoms with E-state index in [2.05, 4.69) is 17.4 Å². The summed E-state index contributed by atoms with van der Waals surface area (Å²) >= 11 is 0. The number of carbonyl (C=O) groups excluding carboxylic acids is 3. The number of urea groups is 1. The number of rotatable bonds is 5. The maximum Gasteiger partial charge on any atom is 0.329 e. The Morgan fingerprint density at radius 2 is 1.97 bits per heavy atom. The smallest absolute Gasteiger partial charge is 0.329 e. The molecule has 1 aromatic carbocycles. The Hall–Kier alpha value is -2.41. The maximum atomic E-state index is 13.2. The number of imide groups is 1. The van der Waals surface area contributed by atoms with Crippen LogP contribution in [-0.2, 0) is 32.7 Å². The van der Waals surface area contributed by atoms with Crippen molar-refractivity contribution < 1.29 is 24.0 Å². The number of benzene rings is 1. The topological polar surface area (TPSA) is 80.2 Å². The van der Waals surface area contributed by atoms with Gasteiger partial charge in [0.2, 0.25) is 0 Å². The van der Waals surface area contributed by atoms with Crippen LogP contribution in [0.4, 0.5) is 4.79 Å². The number of amides is 3. The van der Waals surface area contributed by atoms with Crippen LogP contribution >= 0.6 is 0 Å². The second-order valence-corrected chi connectivity index (χ2v) is 8.56. The number of hydrogen-bond donors (Lipinski definition) is 2. The zero-order chi connectivity index (χ0) is 20.6. The highest BCUT2D eigenvalue weighted by Gasteiger charge is 2.50. The Bertz CT molecular complexity index is 831. The first-order valence-electron chi connectivity index (χ1n) is 10.7. The van der Waals surface area contributed by atoms with Crippen molar-refractivity contribution >= 4 is 17.9 Å². The monoisotopic (exact) mass is 400 g/mol. The third kappa shape index (κ3) is 3.64. The number of aryl methyl sites for hydroxylation is 2. The molecule has 0 radical (unpaired) electrons. The van der Waals surface area contributed by atoms with Crippen molar-refractivity contribution in [1.29, 1.82) is 0 Å². The largest absolute Gasteiger partial charge is 0.466 e. The molecule has 2 saturated heterocycles. The molecule has 3 amide bonds. The van der Waals surface area contributed by atoms with Crippen molar-refractivity contribution in [3.63, 3.8) is 0 Å². The van der Waals surface area contributed by atoms with Crippen molar-refractivity contribution in [3.8, 4) is 0 Å². The lowest BCUT2D eigenvalue weighted by Crippen LogP contribution is -3.14. The van der Waals surface area contributed by atoms with Crippen molar-refractivity contribution in [2.75, 3.05) is 26.4 Å². The van der Waals surface area contributed by atoms with Gasteiger partial charge in [-0.15, -0.1) is 0 Å². The van der Waals surface area contributed by atoms with Crippen molar-refractivity contribution in [2.24, 2.45) is 5.92 Å². The van der Waals surface area contributed by atoms with Gasteiger partial charge in [0.05, 0.1) is 25.6 Å². The van der Waals surface area contributed by atoms with Gasteiger partial charge in [0.25, 0.3) is 5.91 Å². The lowest BCUT2D eigenvalue weighted by Gasteiger charge is -2.30. The SMILES string of the molecule is CCOC(=O)C1CC[NH+](CN2C(=O)N[C@@](C)(c3ccc4c(c3)CCC4)C2=O)CC1. The number of nitrogens with zero attached hydrogens (tertiary/aromatic N) is 1. The van der Waals surface area contributed by atoms with E-state index >= 15 is 0 Å². The van der Waals surface area contributed by atoms with E-state index in [4.69, 9.17) is 4.74 Å². The van der Waals surface area contributed by atoms with E-state index < -0.39 is 5.54 Å². The third-order valence-corrected chi connectivity index (χ3v) is 6.65. The Kier molecular flexibility index (Phi) is 5.34. The molecule has 2 heterocycles. The van der Waals surface area contributed by atoms with Gasteiger partial charge >= 0.3 is 12.0 Å². The third-order valence-electron chi connectivity index (χ3n) is 6.65. The van der Waals surface area contributed by atoms with E-state index in [1.165, 1.54) is 16.0 Å². The van der Waals surface area contributed by atoms with Gasteiger partial charge in [0.1, 0.15) is 5.54 Å². The zero-order valence-electron chi connectivity index (χ0n) is 17.3. The molecule has 2 fully saturated rings. The molecule has 2 N–H and O–H groups in total. The summed E-state index contributed by atoms with van der Waals surface area (Å²) in [6.45, 7) is 5.84. The number of nitrogens with one attached hydrogen (secondary N) is 2. The van der Waals surface area contributed by atoms with E-state index in [1.807, 2.05) is 13.0 Å². The molecular formula is C22H30N3O4+. The fraction of sp³-hybridized carbons (Fsp3) is 0.591. The number of quaternary nitrogens is 1. The van der Waals surface area contributed by atoms with Gasteiger partial charge in [-0.3, -0.25) is 9.59 Å². The number of hydrogen-bond acceptors (Lipinski definition) is 4. The van der Waals surface area contributed by atoms with Crippen LogP contribution in [-0.4, -0.2) is 49.2 Å². The van der Waals surface area contributed by atoms with E-state index in [-0.39, 0.29) is 23.8 Å². The van der Waals surface area contributed by atoms with E-state index in [0.717, 1.165) is 55.7 Å². The second-order valence-electron chi connectivity index (χ2n) is 8.56. The van der Waals surface area contributed by atoms with E-state index in [1.54, 1.807) is 6.92 Å². The summed E-state index contributed by atoms with van der Waals surface area (Å²) in [5, 5.41) is 2.92. The molecule has 1 atom stereocenters. The van der Waals surface area contributed by atoms with Gasteiger partial charge in [0, 0.05) is 12.8 Å². The van der Waals surface area contributed by atoms with Crippen LogP contribution in [0.1, 0.15) is 49.8 Å². The van der Waals surface area contributed by atoms with Crippen LogP contribution in [0.25, 0.3) is 0 Å². The van der Waals surface area contributed by atoms with Gasteiger partial charge in [-0.05, 0) is 49.8 Å². The molecule has 4 rings (SSSR count). The maximum absolute atomic E-state index is 13.2. The molecule has 3 aliphatic rings. The number of fused-ring (bicyclic) bond motifs is 1. The second kappa shape index (κ2) is 7.78. The average Bonchev–Trinajstić information content (AvgIpc) is 3.27. The first kappa shape index (κ1) is 19.9. The highest BCUT2D eigenvalue weighted by molar-refractivity contribution is 6.07. The standard InChI is InChI=1S/C22H29N3O4/c1-3-29-19(26)16-9-11-24(12-10-16)14-25-20(27)22(2,23-21(25)28)18-8-7-15-5-4-6-17(15)13-18/h7-8,13,16H,3-6,9-12,14H2,1-2H3,(H,23,28)/p+1/t22-/m0/s1. The van der Waals surface area contributed by atoms with E-state index in [9.17, 15) is 14.4 Å². The molecule has 7 nitrogen and oxygen atoms in total. The van der Waals surface area contributed by atoms with Crippen LogP contribution < -0.4 is 10.2 Å². The van der Waals surface area contributed by atoms with Crippen LogP contribution in [0, 0.1) is 5.92 Å². The summed E-state index contributed by atoms with van der Waals surface area (Å²) in [5.41, 5.74) is 2.48. The van der Waals surface area contributed by atoms with Crippen LogP contribution in [0.3, 0.4) is 0 Å². The predicted molar refractivity (Wildman–Crippen MR) is 106 cm³/mol. The first-order chi connectivity index (χ1) is 13.9. The molecule has 2 aliphatic heterocycles. The summed E-state index contributed by atoms with van der Waals surface area (Å²) in [6.07, 6.45) is 4.71. The molecule has 0 spiro atoms. The molecule has 0 saturated carbocycles. The van der Waals surface area contributed by atoms with Crippen molar-refractivity contribution in [1.82, 2.24) is 10.2 Å². The normalized spacial score (nSPS) is 29.0. The molecule has 29 heavy (non-hydrogen) atoms. The number of carbonyl (C=O) groups is 3. The number of likely N-dealkylation sites (tertiary alicyclic amines) is 1. The molecule has 0 bridgehead atoms. The van der Waals surface area contributed by atoms with Crippen LogP contribution in [0.15, 0.2) is 18.2 Å². The minimum atomic E-state index is -1.02. The van der Waals surface area contributed by atoms with Gasteiger partial charge in [-0.2, -0.15) is 0 Å². The quantitative estimate of drug-likeness (QED) is 0.565. The lowest BCUT2D eigenvalue weighted by molar-refractivity contribution is -0.913. The Labute approximate surface area is 171 Å². The highest BCUT2D eigenvalue weighted by Crippen LogP contribution is 2.32. The van der Waals surface area contributed by atoms with Crippen LogP contribution in [0.2, 0.25) is 0 Å². The molecule has 7 heteroatoms. The van der Waals surface area contributed by atoms with Crippen LogP contribution in [0.5, 0.6) is 0 Å². The van der Waals surface area contributed by atoms with Gasteiger partial charge in [-0.25, -0.2) is 9.69 Å². The first-order valence-corrected chi connectivity index (χ1v) is 10.7. The Balaban J connectivity index is 1.42. The summed E-state index contributed by atoms with van der Waals surface area (Å²) in [7, 11) is 0. The predicted octanol–water partition coefficient (Wildman–Crippen LogP) is 0.758. The summed E-state index contributed by atoms with van der Waals surface area (Å²) in [6, 6.07) is 5.82. The summed E-state index contributed by atoms with van der Waals surface area (Å²) in [4.78, 5) is 40.3. The molecule has 0 unspecified atom stereocenters. The molecule has 1 aliphatic carbocycles. The lowest BCUT2D eigenvalue weighted by atomic mass is 9.90. The Morgan fingerprint density at radius 3 is 2.69 bits per heavy atom. The van der Waals surface area contributed by atoms with Gasteiger partial charge in [0.15, 0.2) is 6.67 Å². The fourth-order valence-electron chi connectivity index (χ4n) is 4.82. The Morgan fingerprint density at radius 1 is 1.24 bits per heavy atom. The van der Waals surface area contributed by atoms with E-state index in [0.29, 0.717) is 13.3 Å². The highest BCUT2D eigenvalue weighted by atomic mass is 16.5. The summed E-state index contributed by atoms with van der Waals surface area (Å²) < 4.78 is 5.12. The van der Waals surface area contributed by atoms with Crippen molar-refractivity contribution in [2.45, 2.75) is 51.5 Å². The van der Waals surface area contributed by atoms with Gasteiger partial charge < -0.3 is 15.0 Å². The van der Waals surface area contributed by atoms with Crippen molar-refractivity contribution in [3.05, 3.63) is 34.9 Å². The number of piperidine rings is 1. The van der Waals surface area contributed by atoms with Gasteiger partial charge in [-0.1, -0.05) is 18.2 Å². The number of ether oxygens (including phenoxy) is 1. The minimum absolute atomic E-state index is 0.0708. The minimum Gasteiger partial charge on any atom is -0.466 e. The fourth-order valence-corrected chi connectivity index (χ4v) is 4.82. The number of esters is 1. The molecule has 156 valence electrons. The average molecular weight is 400 g/mol.